The number of imidazole rings is 1. The molecule has 3 heterocycles. The molecule has 38 heavy (non-hydrogen) atoms. The number of fused-ring (bicyclic) bond motifs is 1. The lowest BCUT2D eigenvalue weighted by atomic mass is 10.1. The summed E-state index contributed by atoms with van der Waals surface area (Å²) in [6.07, 6.45) is -1.12. The van der Waals surface area contributed by atoms with Crippen molar-refractivity contribution in [1.29, 1.82) is 0 Å². The number of halogens is 2. The first-order chi connectivity index (χ1) is 18.0. The van der Waals surface area contributed by atoms with Gasteiger partial charge in [-0.2, -0.15) is 0 Å². The Morgan fingerprint density at radius 3 is 2.53 bits per heavy atom. The number of rotatable bonds is 3. The van der Waals surface area contributed by atoms with Gasteiger partial charge in [0.05, 0.1) is 28.7 Å². The van der Waals surface area contributed by atoms with E-state index in [1.54, 1.807) is 31.7 Å². The van der Waals surface area contributed by atoms with Crippen LogP contribution in [0.1, 0.15) is 27.2 Å². The van der Waals surface area contributed by atoms with Crippen molar-refractivity contribution in [3.8, 4) is 11.4 Å². The zero-order chi connectivity index (χ0) is 27.2. The van der Waals surface area contributed by atoms with Crippen molar-refractivity contribution >= 4 is 51.9 Å². The standard InChI is InChI=1S/C27H31Cl2N5O4/c1-27(2,3)38-26(37)34-15-18(35)14-23(34)25(36)33-10-8-32(9-11-33)17-5-6-20(29)19(13-17)24-30-21-7-4-16(28)12-22(21)31-24/h4-7,12-13,18,23,35H,8-11,14-15H2,1-3H3,(H,30,31)/t18-,23+/m1/s1. The van der Waals surface area contributed by atoms with Crippen LogP contribution < -0.4 is 4.90 Å². The molecule has 2 saturated heterocycles. The summed E-state index contributed by atoms with van der Waals surface area (Å²) in [6.45, 7) is 7.64. The molecule has 202 valence electrons. The number of likely N-dealkylation sites (tertiary alicyclic amines) is 1. The Bertz CT molecular complexity index is 1360. The first-order valence-corrected chi connectivity index (χ1v) is 13.4. The van der Waals surface area contributed by atoms with Crippen LogP contribution in [0.2, 0.25) is 10.0 Å². The lowest BCUT2D eigenvalue weighted by molar-refractivity contribution is -0.136. The third-order valence-electron chi connectivity index (χ3n) is 6.80. The van der Waals surface area contributed by atoms with Crippen LogP contribution >= 0.6 is 23.2 Å². The number of hydrogen-bond donors (Lipinski definition) is 2. The number of H-pyrrole nitrogens is 1. The average molecular weight is 560 g/mol. The largest absolute Gasteiger partial charge is 0.444 e. The van der Waals surface area contributed by atoms with E-state index in [1.807, 2.05) is 30.3 Å². The zero-order valence-corrected chi connectivity index (χ0v) is 23.1. The fraction of sp³-hybridized carbons (Fsp3) is 0.444. The maximum absolute atomic E-state index is 13.4. The van der Waals surface area contributed by atoms with Crippen LogP contribution in [-0.4, -0.2) is 87.3 Å². The Labute approximate surface area is 231 Å². The van der Waals surface area contributed by atoms with Gasteiger partial charge in [0, 0.05) is 48.9 Å². The SMILES string of the molecule is CC(C)(C)OC(=O)N1C[C@H](O)C[C@H]1C(=O)N1CCN(c2ccc(Cl)c(-c3nc4ccc(Cl)cc4[nH]3)c2)CC1. The molecule has 2 aromatic carbocycles. The first-order valence-electron chi connectivity index (χ1n) is 12.6. The molecule has 0 spiro atoms. The highest BCUT2D eigenvalue weighted by molar-refractivity contribution is 6.33. The number of aliphatic hydroxyl groups is 1. The van der Waals surface area contributed by atoms with Gasteiger partial charge in [-0.1, -0.05) is 23.2 Å². The molecule has 2 aliphatic heterocycles. The minimum absolute atomic E-state index is 0.0901. The van der Waals surface area contributed by atoms with Gasteiger partial charge in [-0.3, -0.25) is 9.69 Å². The van der Waals surface area contributed by atoms with E-state index < -0.39 is 23.8 Å². The van der Waals surface area contributed by atoms with Gasteiger partial charge >= 0.3 is 6.09 Å². The second-order valence-electron chi connectivity index (χ2n) is 10.8. The monoisotopic (exact) mass is 559 g/mol. The number of anilines is 1. The Morgan fingerprint density at radius 2 is 1.82 bits per heavy atom. The highest BCUT2D eigenvalue weighted by Gasteiger charge is 2.43. The van der Waals surface area contributed by atoms with E-state index in [9.17, 15) is 14.7 Å². The number of aliphatic hydroxyl groups excluding tert-OH is 1. The van der Waals surface area contributed by atoms with Gasteiger partial charge in [0.2, 0.25) is 5.91 Å². The van der Waals surface area contributed by atoms with E-state index in [0.717, 1.165) is 22.3 Å². The highest BCUT2D eigenvalue weighted by Crippen LogP contribution is 2.33. The van der Waals surface area contributed by atoms with Gasteiger partial charge < -0.3 is 24.6 Å². The first kappa shape index (κ1) is 26.6. The molecule has 0 bridgehead atoms. The van der Waals surface area contributed by atoms with Crippen molar-refractivity contribution in [2.45, 2.75) is 44.9 Å². The number of aromatic amines is 1. The molecule has 3 aromatic rings. The van der Waals surface area contributed by atoms with Crippen molar-refractivity contribution in [2.75, 3.05) is 37.6 Å². The molecule has 11 heteroatoms. The number of benzene rings is 2. The number of β-amino-alcohol motifs (C(OH)–C–C–N with tert-alkyl or cyclic N) is 1. The summed E-state index contributed by atoms with van der Waals surface area (Å²) in [5.41, 5.74) is 2.70. The van der Waals surface area contributed by atoms with Crippen LogP contribution in [0.5, 0.6) is 0 Å². The Balaban J connectivity index is 1.27. The Hall–Kier alpha value is -3.01. The van der Waals surface area contributed by atoms with E-state index in [-0.39, 0.29) is 18.9 Å². The molecule has 2 amide bonds. The number of hydrogen-bond acceptors (Lipinski definition) is 6. The van der Waals surface area contributed by atoms with Crippen molar-refractivity contribution in [1.82, 2.24) is 19.8 Å². The average Bonchev–Trinajstić information content (AvgIpc) is 3.46. The fourth-order valence-corrected chi connectivity index (χ4v) is 5.35. The number of carbonyl (C=O) groups excluding carboxylic acids is 2. The van der Waals surface area contributed by atoms with Crippen molar-refractivity contribution in [3.05, 3.63) is 46.4 Å². The van der Waals surface area contributed by atoms with Gasteiger partial charge in [-0.05, 0) is 57.2 Å². The quantitative estimate of drug-likeness (QED) is 0.487. The van der Waals surface area contributed by atoms with E-state index in [1.165, 1.54) is 4.90 Å². The third kappa shape index (κ3) is 5.55. The van der Waals surface area contributed by atoms with Crippen LogP contribution in [0.4, 0.5) is 10.5 Å². The molecule has 2 fully saturated rings. The van der Waals surface area contributed by atoms with E-state index in [0.29, 0.717) is 42.0 Å². The third-order valence-corrected chi connectivity index (χ3v) is 7.36. The minimum Gasteiger partial charge on any atom is -0.444 e. The lowest BCUT2D eigenvalue weighted by Crippen LogP contribution is -2.54. The summed E-state index contributed by atoms with van der Waals surface area (Å²) in [4.78, 5) is 39.3. The summed E-state index contributed by atoms with van der Waals surface area (Å²) in [6, 6.07) is 10.6. The number of nitrogens with one attached hydrogen (secondary N) is 1. The van der Waals surface area contributed by atoms with Gasteiger partial charge in [-0.25, -0.2) is 9.78 Å². The topological polar surface area (TPSA) is 102 Å². The molecule has 5 rings (SSSR count). The summed E-state index contributed by atoms with van der Waals surface area (Å²) in [5.74, 6) is 0.495. The predicted molar refractivity (Wildman–Crippen MR) is 148 cm³/mol. The fourth-order valence-electron chi connectivity index (χ4n) is 4.97. The highest BCUT2D eigenvalue weighted by atomic mass is 35.5. The molecule has 2 aliphatic rings. The maximum atomic E-state index is 13.4. The van der Waals surface area contributed by atoms with Crippen molar-refractivity contribution in [2.24, 2.45) is 0 Å². The van der Waals surface area contributed by atoms with Gasteiger partial charge in [-0.15, -0.1) is 0 Å². The molecule has 2 atom stereocenters. The number of ether oxygens (including phenoxy) is 1. The van der Waals surface area contributed by atoms with Crippen molar-refractivity contribution < 1.29 is 19.4 Å². The van der Waals surface area contributed by atoms with E-state index in [2.05, 4.69) is 14.9 Å². The summed E-state index contributed by atoms with van der Waals surface area (Å²) < 4.78 is 5.47. The Kier molecular flexibility index (Phi) is 7.19. The van der Waals surface area contributed by atoms with Crippen LogP contribution in [0.25, 0.3) is 22.4 Å². The second-order valence-corrected chi connectivity index (χ2v) is 11.6. The number of carbonyl (C=O) groups is 2. The summed E-state index contributed by atoms with van der Waals surface area (Å²) >= 11 is 12.7. The van der Waals surface area contributed by atoms with Gasteiger partial charge in [0.1, 0.15) is 17.5 Å². The van der Waals surface area contributed by atoms with Gasteiger partial charge in [0.25, 0.3) is 0 Å². The zero-order valence-electron chi connectivity index (χ0n) is 21.6. The molecular weight excluding hydrogens is 529 g/mol. The molecule has 0 saturated carbocycles. The van der Waals surface area contributed by atoms with Crippen LogP contribution in [-0.2, 0) is 9.53 Å². The number of nitrogens with zero attached hydrogens (tertiary/aromatic N) is 4. The summed E-state index contributed by atoms with van der Waals surface area (Å²) in [7, 11) is 0. The van der Waals surface area contributed by atoms with Crippen LogP contribution in [0.15, 0.2) is 36.4 Å². The number of aromatic nitrogens is 2. The van der Waals surface area contributed by atoms with E-state index >= 15 is 0 Å². The molecule has 9 nitrogen and oxygen atoms in total. The summed E-state index contributed by atoms with van der Waals surface area (Å²) in [5, 5.41) is 11.4. The maximum Gasteiger partial charge on any atom is 0.411 e. The lowest BCUT2D eigenvalue weighted by Gasteiger charge is -2.38. The number of amides is 2. The number of piperazine rings is 1. The molecule has 2 N–H and O–H groups in total. The minimum atomic E-state index is -0.750. The van der Waals surface area contributed by atoms with E-state index in [4.69, 9.17) is 27.9 Å². The van der Waals surface area contributed by atoms with Crippen LogP contribution in [0.3, 0.4) is 0 Å². The molecule has 0 unspecified atom stereocenters. The van der Waals surface area contributed by atoms with Gasteiger partial charge in [0.15, 0.2) is 0 Å². The normalized spacial score (nSPS) is 20.3. The molecule has 0 radical (unpaired) electrons. The molecule has 1 aromatic heterocycles. The molecular formula is C27H31Cl2N5O4. The van der Waals surface area contributed by atoms with Crippen LogP contribution in [0, 0.1) is 0 Å². The second kappa shape index (κ2) is 10.3. The van der Waals surface area contributed by atoms with Crippen molar-refractivity contribution in [3.63, 3.8) is 0 Å². The molecule has 0 aliphatic carbocycles. The smallest absolute Gasteiger partial charge is 0.411 e. The predicted octanol–water partition coefficient (Wildman–Crippen LogP) is 4.56. The Morgan fingerprint density at radius 1 is 1.08 bits per heavy atom.